The monoisotopic (exact) mass is 307 g/mol. The Kier molecular flexibility index (Phi) is 5.17. The summed E-state index contributed by atoms with van der Waals surface area (Å²) in [6, 6.07) is 14.3. The summed E-state index contributed by atoms with van der Waals surface area (Å²) >= 11 is 0. The number of nitrogens with zero attached hydrogens (tertiary/aromatic N) is 3. The minimum atomic E-state index is 0.0844. The first-order valence-electron chi connectivity index (χ1n) is 7.94. The Labute approximate surface area is 137 Å². The van der Waals surface area contributed by atoms with Gasteiger partial charge >= 0.3 is 0 Å². The van der Waals surface area contributed by atoms with Crippen LogP contribution in [0.2, 0.25) is 0 Å². The first-order chi connectivity index (χ1) is 11.3. The first kappa shape index (κ1) is 15.4. The van der Waals surface area contributed by atoms with Gasteiger partial charge in [-0.15, -0.1) is 0 Å². The van der Waals surface area contributed by atoms with Crippen LogP contribution in [0.1, 0.15) is 11.1 Å². The molecule has 0 aliphatic carbocycles. The number of amides is 1. The summed E-state index contributed by atoms with van der Waals surface area (Å²) in [4.78, 5) is 20.5. The lowest BCUT2D eigenvalue weighted by Crippen LogP contribution is -2.47. The van der Waals surface area contributed by atoms with E-state index in [4.69, 9.17) is 0 Å². The molecule has 0 bridgehead atoms. The van der Waals surface area contributed by atoms with Gasteiger partial charge in [-0.2, -0.15) is 0 Å². The number of carbonyl (C=O) groups is 1. The number of hydrogen-bond donors (Lipinski definition) is 0. The number of hydrogen-bond acceptors (Lipinski definition) is 3. The summed E-state index contributed by atoms with van der Waals surface area (Å²) in [5.74, 6) is 0.0844. The Hall–Kier alpha value is -2.46. The molecular formula is C19H21N3O. The smallest absolute Gasteiger partial charge is 0.246 e. The van der Waals surface area contributed by atoms with Gasteiger partial charge in [-0.3, -0.25) is 14.7 Å². The van der Waals surface area contributed by atoms with E-state index in [1.807, 2.05) is 29.2 Å². The Morgan fingerprint density at radius 2 is 1.70 bits per heavy atom. The highest BCUT2D eigenvalue weighted by Gasteiger charge is 2.19. The molecule has 1 aliphatic heterocycles. The zero-order valence-electron chi connectivity index (χ0n) is 13.1. The fourth-order valence-corrected chi connectivity index (χ4v) is 2.72. The van der Waals surface area contributed by atoms with Gasteiger partial charge in [0.25, 0.3) is 0 Å². The van der Waals surface area contributed by atoms with Crippen LogP contribution in [0.25, 0.3) is 6.08 Å². The summed E-state index contributed by atoms with van der Waals surface area (Å²) in [5, 5.41) is 0. The second-order valence-electron chi connectivity index (χ2n) is 5.70. The van der Waals surface area contributed by atoms with Crippen LogP contribution in [0.5, 0.6) is 0 Å². The Bertz CT molecular complexity index is 647. The van der Waals surface area contributed by atoms with Crippen molar-refractivity contribution >= 4 is 12.0 Å². The van der Waals surface area contributed by atoms with Crippen molar-refractivity contribution in [2.45, 2.75) is 6.54 Å². The van der Waals surface area contributed by atoms with E-state index in [2.05, 4.69) is 34.1 Å². The van der Waals surface area contributed by atoms with Gasteiger partial charge in [0.05, 0.1) is 0 Å². The number of rotatable bonds is 4. The van der Waals surface area contributed by atoms with E-state index in [1.165, 1.54) is 5.56 Å². The number of benzene rings is 1. The minimum Gasteiger partial charge on any atom is -0.337 e. The highest BCUT2D eigenvalue weighted by atomic mass is 16.2. The average Bonchev–Trinajstić information content (AvgIpc) is 2.62. The van der Waals surface area contributed by atoms with Crippen molar-refractivity contribution in [3.05, 3.63) is 72.1 Å². The zero-order valence-corrected chi connectivity index (χ0v) is 13.1. The third kappa shape index (κ3) is 4.50. The molecule has 4 nitrogen and oxygen atoms in total. The summed E-state index contributed by atoms with van der Waals surface area (Å²) in [5.41, 5.74) is 2.32. The molecule has 1 amide bonds. The van der Waals surface area contributed by atoms with Crippen LogP contribution >= 0.6 is 0 Å². The molecule has 1 saturated heterocycles. The molecule has 0 spiro atoms. The molecule has 0 atom stereocenters. The van der Waals surface area contributed by atoms with Crippen LogP contribution in [0.3, 0.4) is 0 Å². The SMILES string of the molecule is O=C(/C=C\c1ccncc1)N1CCN(Cc2ccccc2)CC1. The van der Waals surface area contributed by atoms with Crippen LogP contribution < -0.4 is 0 Å². The van der Waals surface area contributed by atoms with Crippen molar-refractivity contribution in [3.8, 4) is 0 Å². The third-order valence-corrected chi connectivity index (χ3v) is 4.06. The van der Waals surface area contributed by atoms with Crippen LogP contribution in [-0.2, 0) is 11.3 Å². The molecule has 23 heavy (non-hydrogen) atoms. The van der Waals surface area contributed by atoms with Crippen LogP contribution in [-0.4, -0.2) is 46.9 Å². The van der Waals surface area contributed by atoms with Crippen molar-refractivity contribution in [2.75, 3.05) is 26.2 Å². The summed E-state index contributed by atoms with van der Waals surface area (Å²) in [6.07, 6.45) is 6.96. The summed E-state index contributed by atoms with van der Waals surface area (Å²) in [7, 11) is 0. The van der Waals surface area contributed by atoms with Gasteiger partial charge in [0.15, 0.2) is 0 Å². The van der Waals surface area contributed by atoms with E-state index < -0.39 is 0 Å². The van der Waals surface area contributed by atoms with E-state index in [0.29, 0.717) is 0 Å². The molecule has 0 unspecified atom stereocenters. The third-order valence-electron chi connectivity index (χ3n) is 4.06. The second-order valence-corrected chi connectivity index (χ2v) is 5.70. The van der Waals surface area contributed by atoms with Crippen molar-refractivity contribution in [2.24, 2.45) is 0 Å². The second kappa shape index (κ2) is 7.70. The molecule has 1 aromatic heterocycles. The molecule has 1 fully saturated rings. The lowest BCUT2D eigenvalue weighted by atomic mass is 10.2. The molecule has 0 N–H and O–H groups in total. The largest absolute Gasteiger partial charge is 0.337 e. The fraction of sp³-hybridized carbons (Fsp3) is 0.263. The molecule has 118 valence electrons. The standard InChI is InChI=1S/C19H21N3O/c23-19(7-6-17-8-10-20-11-9-17)22-14-12-21(13-15-22)16-18-4-2-1-3-5-18/h1-11H,12-16H2/b7-6-. The lowest BCUT2D eigenvalue weighted by molar-refractivity contribution is -0.127. The molecule has 0 saturated carbocycles. The van der Waals surface area contributed by atoms with Gasteiger partial charge < -0.3 is 4.90 Å². The Balaban J connectivity index is 1.48. The van der Waals surface area contributed by atoms with Gasteiger partial charge in [-0.25, -0.2) is 0 Å². The van der Waals surface area contributed by atoms with Crippen LogP contribution in [0.15, 0.2) is 60.9 Å². The molecular weight excluding hydrogens is 286 g/mol. The number of pyridine rings is 1. The summed E-state index contributed by atoms with van der Waals surface area (Å²) < 4.78 is 0. The van der Waals surface area contributed by atoms with Crippen molar-refractivity contribution in [1.29, 1.82) is 0 Å². The predicted octanol–water partition coefficient (Wildman–Crippen LogP) is 2.44. The quantitative estimate of drug-likeness (QED) is 0.814. The van der Waals surface area contributed by atoms with Gasteiger partial charge in [0.1, 0.15) is 0 Å². The topological polar surface area (TPSA) is 36.4 Å². The van der Waals surface area contributed by atoms with Crippen molar-refractivity contribution in [1.82, 2.24) is 14.8 Å². The van der Waals surface area contributed by atoms with Gasteiger partial charge in [0.2, 0.25) is 5.91 Å². The van der Waals surface area contributed by atoms with Crippen LogP contribution in [0, 0.1) is 0 Å². The van der Waals surface area contributed by atoms with Crippen molar-refractivity contribution in [3.63, 3.8) is 0 Å². The molecule has 1 aromatic carbocycles. The summed E-state index contributed by atoms with van der Waals surface area (Å²) in [6.45, 7) is 4.36. The first-order valence-corrected chi connectivity index (χ1v) is 7.94. The van der Waals surface area contributed by atoms with E-state index >= 15 is 0 Å². The highest BCUT2D eigenvalue weighted by Crippen LogP contribution is 2.09. The molecule has 0 radical (unpaired) electrons. The maximum atomic E-state index is 12.2. The van der Waals surface area contributed by atoms with E-state index in [1.54, 1.807) is 18.5 Å². The predicted molar refractivity (Wildman–Crippen MR) is 91.6 cm³/mol. The fourth-order valence-electron chi connectivity index (χ4n) is 2.72. The molecule has 3 rings (SSSR count). The number of aromatic nitrogens is 1. The molecule has 1 aliphatic rings. The van der Waals surface area contributed by atoms with Gasteiger partial charge in [0, 0.05) is 51.2 Å². The highest BCUT2D eigenvalue weighted by molar-refractivity contribution is 5.91. The zero-order chi connectivity index (χ0) is 15.9. The minimum absolute atomic E-state index is 0.0844. The van der Waals surface area contributed by atoms with Gasteiger partial charge in [-0.1, -0.05) is 30.3 Å². The molecule has 4 heteroatoms. The van der Waals surface area contributed by atoms with E-state index in [-0.39, 0.29) is 5.91 Å². The average molecular weight is 307 g/mol. The Morgan fingerprint density at radius 3 is 2.39 bits per heavy atom. The molecule has 2 heterocycles. The normalized spacial score (nSPS) is 15.9. The number of piperazine rings is 1. The van der Waals surface area contributed by atoms with Crippen LogP contribution in [0.4, 0.5) is 0 Å². The molecule has 2 aromatic rings. The Morgan fingerprint density at radius 1 is 1.00 bits per heavy atom. The van der Waals surface area contributed by atoms with Gasteiger partial charge in [-0.05, 0) is 29.3 Å². The van der Waals surface area contributed by atoms with Crippen molar-refractivity contribution < 1.29 is 4.79 Å². The van der Waals surface area contributed by atoms with E-state index in [9.17, 15) is 4.79 Å². The maximum Gasteiger partial charge on any atom is 0.246 e. The number of carbonyl (C=O) groups excluding carboxylic acids is 1. The lowest BCUT2D eigenvalue weighted by Gasteiger charge is -2.34. The van der Waals surface area contributed by atoms with E-state index in [0.717, 1.165) is 38.3 Å². The maximum absolute atomic E-state index is 12.2.